The number of benzene rings is 1. The van der Waals surface area contributed by atoms with Crippen LogP contribution in [0, 0.1) is 0 Å². The Morgan fingerprint density at radius 3 is 3.05 bits per heavy atom. The van der Waals surface area contributed by atoms with Crippen molar-refractivity contribution >= 4 is 6.09 Å². The van der Waals surface area contributed by atoms with E-state index in [4.69, 9.17) is 9.57 Å². The summed E-state index contributed by atoms with van der Waals surface area (Å²) in [6, 6.07) is 10.5. The van der Waals surface area contributed by atoms with E-state index in [0.717, 1.165) is 26.1 Å². The molecule has 0 bridgehead atoms. The van der Waals surface area contributed by atoms with Crippen LogP contribution in [0.4, 0.5) is 4.79 Å². The van der Waals surface area contributed by atoms with Crippen LogP contribution in [-0.2, 0) is 16.1 Å². The number of nitrogens with zero attached hydrogens (tertiary/aromatic N) is 1. The maximum Gasteiger partial charge on any atom is 0.407 e. The van der Waals surface area contributed by atoms with Gasteiger partial charge in [0.15, 0.2) is 0 Å². The van der Waals surface area contributed by atoms with Crippen LogP contribution in [0.2, 0.25) is 0 Å². The summed E-state index contributed by atoms with van der Waals surface area (Å²) in [5.41, 5.74) is 3.99. The first-order chi connectivity index (χ1) is 10.3. The molecule has 0 saturated carbocycles. The van der Waals surface area contributed by atoms with Crippen molar-refractivity contribution in [3.05, 3.63) is 35.9 Å². The average molecular weight is 291 g/mol. The lowest BCUT2D eigenvalue weighted by Crippen LogP contribution is -2.39. The second kappa shape index (κ2) is 6.89. The molecule has 6 heteroatoms. The second-order valence-electron chi connectivity index (χ2n) is 5.54. The van der Waals surface area contributed by atoms with Gasteiger partial charge in [0.25, 0.3) is 0 Å². The summed E-state index contributed by atoms with van der Waals surface area (Å²) in [7, 11) is 0. The molecule has 2 N–H and O–H groups in total. The molecule has 6 nitrogen and oxygen atoms in total. The van der Waals surface area contributed by atoms with E-state index in [1.165, 1.54) is 5.56 Å². The number of alkyl carbamates (subject to hydrolysis) is 1. The summed E-state index contributed by atoms with van der Waals surface area (Å²) in [5.74, 6) is 0. The number of ether oxygens (including phenoxy) is 1. The van der Waals surface area contributed by atoms with Crippen molar-refractivity contribution in [1.82, 2.24) is 15.7 Å². The van der Waals surface area contributed by atoms with E-state index < -0.39 is 0 Å². The molecule has 0 spiro atoms. The van der Waals surface area contributed by atoms with Crippen molar-refractivity contribution in [2.45, 2.75) is 25.1 Å². The van der Waals surface area contributed by atoms with Gasteiger partial charge < -0.3 is 10.1 Å². The molecule has 21 heavy (non-hydrogen) atoms. The minimum atomic E-state index is -0.348. The number of carbonyl (C=O) groups excluding carboxylic acids is 1. The zero-order valence-electron chi connectivity index (χ0n) is 12.0. The number of carbonyl (C=O) groups is 1. The van der Waals surface area contributed by atoms with Gasteiger partial charge in [0.2, 0.25) is 0 Å². The lowest BCUT2D eigenvalue weighted by molar-refractivity contribution is 0.0634. The molecule has 2 aliphatic heterocycles. The van der Waals surface area contributed by atoms with Gasteiger partial charge in [0.1, 0.15) is 12.7 Å². The van der Waals surface area contributed by atoms with Crippen LogP contribution in [0.3, 0.4) is 0 Å². The molecule has 2 aliphatic rings. The molecule has 1 unspecified atom stereocenters. The van der Waals surface area contributed by atoms with E-state index in [-0.39, 0.29) is 18.2 Å². The first-order valence-electron chi connectivity index (χ1n) is 7.37. The summed E-state index contributed by atoms with van der Waals surface area (Å²) in [6.07, 6.45) is 0.423. The molecule has 1 aromatic rings. The maximum atomic E-state index is 11.8. The Morgan fingerprint density at radius 1 is 1.43 bits per heavy atom. The Labute approximate surface area is 124 Å². The van der Waals surface area contributed by atoms with Crippen molar-refractivity contribution in [2.75, 3.05) is 26.2 Å². The Balaban J connectivity index is 1.41. The van der Waals surface area contributed by atoms with Gasteiger partial charge in [-0.05, 0) is 12.0 Å². The van der Waals surface area contributed by atoms with Crippen LogP contribution >= 0.6 is 0 Å². The molecule has 1 amide bonds. The van der Waals surface area contributed by atoms with Gasteiger partial charge in [0, 0.05) is 25.7 Å². The molecule has 2 fully saturated rings. The van der Waals surface area contributed by atoms with Gasteiger partial charge in [-0.25, -0.2) is 4.79 Å². The minimum absolute atomic E-state index is 0.163. The number of hydroxylamine groups is 1. The van der Waals surface area contributed by atoms with Crippen LogP contribution in [0.15, 0.2) is 30.3 Å². The number of likely N-dealkylation sites (tertiary alicyclic amines) is 1. The quantitative estimate of drug-likeness (QED) is 0.862. The van der Waals surface area contributed by atoms with E-state index in [1.54, 1.807) is 0 Å². The highest BCUT2D eigenvalue weighted by Crippen LogP contribution is 2.13. The van der Waals surface area contributed by atoms with Gasteiger partial charge in [-0.1, -0.05) is 30.3 Å². The van der Waals surface area contributed by atoms with Crippen LogP contribution in [-0.4, -0.2) is 49.4 Å². The zero-order chi connectivity index (χ0) is 14.5. The number of amides is 1. The SMILES string of the molecule is O=C(NC1CCN(Cc2ccccc2)C1)O[C@H]1CNOC1. The van der Waals surface area contributed by atoms with Crippen molar-refractivity contribution in [1.29, 1.82) is 0 Å². The molecule has 2 atom stereocenters. The predicted octanol–water partition coefficient (Wildman–Crippen LogP) is 0.890. The van der Waals surface area contributed by atoms with Crippen molar-refractivity contribution in [3.63, 3.8) is 0 Å². The van der Waals surface area contributed by atoms with E-state index >= 15 is 0 Å². The fraction of sp³-hybridized carbons (Fsp3) is 0.533. The lowest BCUT2D eigenvalue weighted by atomic mass is 10.2. The maximum absolute atomic E-state index is 11.8. The summed E-state index contributed by atoms with van der Waals surface area (Å²) >= 11 is 0. The number of rotatable bonds is 4. The molecule has 2 heterocycles. The zero-order valence-corrected chi connectivity index (χ0v) is 12.0. The van der Waals surface area contributed by atoms with E-state index in [1.807, 2.05) is 6.07 Å². The smallest absolute Gasteiger partial charge is 0.407 e. The minimum Gasteiger partial charge on any atom is -0.442 e. The van der Waals surface area contributed by atoms with Gasteiger partial charge in [-0.2, -0.15) is 5.48 Å². The molecular weight excluding hydrogens is 270 g/mol. The van der Waals surface area contributed by atoms with Gasteiger partial charge in [0.05, 0.1) is 6.54 Å². The summed E-state index contributed by atoms with van der Waals surface area (Å²) in [4.78, 5) is 19.1. The summed E-state index contributed by atoms with van der Waals surface area (Å²) < 4.78 is 5.27. The average Bonchev–Trinajstić information content (AvgIpc) is 3.12. The molecule has 2 saturated heterocycles. The molecule has 3 rings (SSSR count). The topological polar surface area (TPSA) is 62.8 Å². The van der Waals surface area contributed by atoms with Gasteiger partial charge >= 0.3 is 6.09 Å². The third-order valence-electron chi connectivity index (χ3n) is 3.80. The van der Waals surface area contributed by atoms with E-state index in [2.05, 4.69) is 40.0 Å². The highest BCUT2D eigenvalue weighted by atomic mass is 16.7. The van der Waals surface area contributed by atoms with Crippen LogP contribution in [0.1, 0.15) is 12.0 Å². The lowest BCUT2D eigenvalue weighted by Gasteiger charge is -2.17. The highest BCUT2D eigenvalue weighted by molar-refractivity contribution is 5.68. The Hall–Kier alpha value is -1.63. The molecule has 0 radical (unpaired) electrons. The monoisotopic (exact) mass is 291 g/mol. The fourth-order valence-electron chi connectivity index (χ4n) is 2.73. The second-order valence-corrected chi connectivity index (χ2v) is 5.54. The third kappa shape index (κ3) is 4.17. The van der Waals surface area contributed by atoms with Gasteiger partial charge in [-0.3, -0.25) is 9.74 Å². The normalized spacial score (nSPS) is 25.9. The third-order valence-corrected chi connectivity index (χ3v) is 3.80. The van der Waals surface area contributed by atoms with Crippen molar-refractivity contribution in [2.24, 2.45) is 0 Å². The van der Waals surface area contributed by atoms with Crippen LogP contribution in [0.5, 0.6) is 0 Å². The molecule has 0 aliphatic carbocycles. The van der Waals surface area contributed by atoms with E-state index in [9.17, 15) is 4.79 Å². The number of nitrogens with one attached hydrogen (secondary N) is 2. The predicted molar refractivity (Wildman–Crippen MR) is 77.5 cm³/mol. The summed E-state index contributed by atoms with van der Waals surface area (Å²) in [5, 5.41) is 2.94. The summed E-state index contributed by atoms with van der Waals surface area (Å²) in [6.45, 7) is 3.75. The Morgan fingerprint density at radius 2 is 2.29 bits per heavy atom. The molecule has 114 valence electrons. The molecular formula is C15H21N3O3. The number of hydrogen-bond donors (Lipinski definition) is 2. The fourth-order valence-corrected chi connectivity index (χ4v) is 2.73. The Kier molecular flexibility index (Phi) is 4.69. The number of hydrogen-bond acceptors (Lipinski definition) is 5. The first kappa shape index (κ1) is 14.3. The highest BCUT2D eigenvalue weighted by Gasteiger charge is 2.26. The van der Waals surface area contributed by atoms with E-state index in [0.29, 0.717) is 13.2 Å². The first-order valence-corrected chi connectivity index (χ1v) is 7.37. The van der Waals surface area contributed by atoms with Crippen molar-refractivity contribution < 1.29 is 14.4 Å². The van der Waals surface area contributed by atoms with Crippen LogP contribution < -0.4 is 10.8 Å². The van der Waals surface area contributed by atoms with Crippen molar-refractivity contribution in [3.8, 4) is 0 Å². The molecule has 1 aromatic carbocycles. The molecule has 0 aromatic heterocycles. The standard InChI is InChI=1S/C15H21N3O3/c19-15(21-14-8-16-20-11-14)17-13-6-7-18(10-13)9-12-4-2-1-3-5-12/h1-5,13-14,16H,6-11H2,(H,17,19)/t13?,14-/m0/s1. The van der Waals surface area contributed by atoms with Crippen LogP contribution in [0.25, 0.3) is 0 Å². The largest absolute Gasteiger partial charge is 0.442 e. The Bertz CT molecular complexity index is 462. The van der Waals surface area contributed by atoms with Gasteiger partial charge in [-0.15, -0.1) is 0 Å².